The van der Waals surface area contributed by atoms with Gasteiger partial charge in [-0.2, -0.15) is 0 Å². The summed E-state index contributed by atoms with van der Waals surface area (Å²) in [7, 11) is 0. The van der Waals surface area contributed by atoms with Gasteiger partial charge in [0.2, 0.25) is 5.91 Å². The van der Waals surface area contributed by atoms with Crippen LogP contribution in [0.1, 0.15) is 22.7 Å². The van der Waals surface area contributed by atoms with Gasteiger partial charge in [-0.15, -0.1) is 0 Å². The molecule has 5 nitrogen and oxygen atoms in total. The molecule has 0 N–H and O–H groups in total. The molecular formula is C25H21BrN2O3. The van der Waals surface area contributed by atoms with Gasteiger partial charge in [-0.1, -0.05) is 52.3 Å². The van der Waals surface area contributed by atoms with Gasteiger partial charge in [0.15, 0.2) is 6.10 Å². The standard InChI is InChI=1S/C25H21BrN2O3/c1-15-8-13-20(14-16(15)2)27-24(29)21-22(17-9-11-18(26)12-10-17)28(31-23(21)25(27)30)19-6-4-3-5-7-19/h3-14,21-23H,1-2H3/t21-,22-,23+/m1/s1. The van der Waals surface area contributed by atoms with E-state index in [1.807, 2.05) is 86.6 Å². The topological polar surface area (TPSA) is 49.9 Å². The number of carbonyl (C=O) groups excluding carboxylic acids is 2. The summed E-state index contributed by atoms with van der Waals surface area (Å²) < 4.78 is 0.948. The maximum atomic E-state index is 13.6. The monoisotopic (exact) mass is 476 g/mol. The van der Waals surface area contributed by atoms with E-state index in [0.717, 1.165) is 26.9 Å². The van der Waals surface area contributed by atoms with Gasteiger partial charge in [-0.3, -0.25) is 14.4 Å². The number of halogens is 1. The molecule has 2 fully saturated rings. The largest absolute Gasteiger partial charge is 0.273 e. The van der Waals surface area contributed by atoms with Gasteiger partial charge in [0.05, 0.1) is 17.4 Å². The van der Waals surface area contributed by atoms with Gasteiger partial charge in [0.1, 0.15) is 5.92 Å². The highest BCUT2D eigenvalue weighted by Gasteiger charge is 2.60. The number of hydroxylamine groups is 1. The Morgan fingerprint density at radius 1 is 0.806 bits per heavy atom. The lowest BCUT2D eigenvalue weighted by atomic mass is 9.90. The number of hydrogen-bond acceptors (Lipinski definition) is 4. The third-order valence-electron chi connectivity index (χ3n) is 6.09. The molecular weight excluding hydrogens is 456 g/mol. The van der Waals surface area contributed by atoms with Crippen LogP contribution in [0.2, 0.25) is 0 Å². The van der Waals surface area contributed by atoms with Gasteiger partial charge >= 0.3 is 0 Å². The number of anilines is 2. The minimum atomic E-state index is -0.858. The maximum absolute atomic E-state index is 13.6. The smallest absolute Gasteiger partial charge is 0.266 e. The number of carbonyl (C=O) groups is 2. The Labute approximate surface area is 189 Å². The average Bonchev–Trinajstić information content (AvgIpc) is 3.28. The minimum Gasteiger partial charge on any atom is -0.273 e. The molecule has 0 aliphatic carbocycles. The molecule has 0 unspecified atom stereocenters. The summed E-state index contributed by atoms with van der Waals surface area (Å²) in [5, 5.41) is 1.71. The Balaban J connectivity index is 1.58. The molecule has 5 rings (SSSR count). The van der Waals surface area contributed by atoms with Crippen LogP contribution in [0.15, 0.2) is 77.3 Å². The number of hydrogen-bond donors (Lipinski definition) is 0. The molecule has 0 bridgehead atoms. The quantitative estimate of drug-likeness (QED) is 0.492. The number of aryl methyl sites for hydroxylation is 2. The Morgan fingerprint density at radius 3 is 2.19 bits per heavy atom. The molecule has 156 valence electrons. The predicted octanol–water partition coefficient (Wildman–Crippen LogP) is 5.12. The van der Waals surface area contributed by atoms with Crippen LogP contribution >= 0.6 is 15.9 Å². The lowest BCUT2D eigenvalue weighted by Gasteiger charge is -2.29. The first-order chi connectivity index (χ1) is 15.0. The Kier molecular flexibility index (Phi) is 4.91. The summed E-state index contributed by atoms with van der Waals surface area (Å²) in [4.78, 5) is 34.4. The van der Waals surface area contributed by atoms with Crippen LogP contribution in [0, 0.1) is 19.8 Å². The van der Waals surface area contributed by atoms with Gasteiger partial charge in [0, 0.05) is 4.47 Å². The van der Waals surface area contributed by atoms with Crippen LogP contribution in [-0.2, 0) is 14.4 Å². The fraction of sp³-hybridized carbons (Fsp3) is 0.200. The van der Waals surface area contributed by atoms with Gasteiger partial charge in [-0.25, -0.2) is 9.96 Å². The molecule has 2 aliphatic heterocycles. The fourth-order valence-corrected chi connectivity index (χ4v) is 4.60. The molecule has 0 saturated carbocycles. The third kappa shape index (κ3) is 3.27. The highest BCUT2D eigenvalue weighted by Crippen LogP contribution is 2.47. The highest BCUT2D eigenvalue weighted by atomic mass is 79.9. The lowest BCUT2D eigenvalue weighted by molar-refractivity contribution is -0.126. The van der Waals surface area contributed by atoms with E-state index in [1.54, 1.807) is 5.06 Å². The first-order valence-corrected chi connectivity index (χ1v) is 11.0. The minimum absolute atomic E-state index is 0.232. The molecule has 2 heterocycles. The molecule has 6 heteroatoms. The Bertz CT molecular complexity index is 1160. The zero-order valence-corrected chi connectivity index (χ0v) is 18.7. The number of rotatable bonds is 3. The van der Waals surface area contributed by atoms with Crippen molar-refractivity contribution in [2.45, 2.75) is 26.0 Å². The number of fused-ring (bicyclic) bond motifs is 1. The van der Waals surface area contributed by atoms with Crippen molar-refractivity contribution in [3.8, 4) is 0 Å². The van der Waals surface area contributed by atoms with Crippen LogP contribution in [-0.4, -0.2) is 17.9 Å². The van der Waals surface area contributed by atoms with Crippen molar-refractivity contribution in [2.24, 2.45) is 5.92 Å². The molecule has 0 spiro atoms. The van der Waals surface area contributed by atoms with Gasteiger partial charge in [0.25, 0.3) is 5.91 Å². The van der Waals surface area contributed by atoms with Gasteiger partial charge < -0.3 is 0 Å². The second-order valence-electron chi connectivity index (χ2n) is 7.99. The molecule has 3 atom stereocenters. The fourth-order valence-electron chi connectivity index (χ4n) is 4.33. The summed E-state index contributed by atoms with van der Waals surface area (Å²) in [6.45, 7) is 3.98. The van der Waals surface area contributed by atoms with Crippen LogP contribution in [0.25, 0.3) is 0 Å². The van der Waals surface area contributed by atoms with Crippen LogP contribution in [0.4, 0.5) is 11.4 Å². The molecule has 3 aromatic carbocycles. The summed E-state index contributed by atoms with van der Waals surface area (Å²) >= 11 is 3.47. The number of imide groups is 1. The van der Waals surface area contributed by atoms with E-state index in [1.165, 1.54) is 4.90 Å². The summed E-state index contributed by atoms with van der Waals surface area (Å²) in [5.41, 5.74) is 4.47. The first-order valence-electron chi connectivity index (χ1n) is 10.2. The zero-order chi connectivity index (χ0) is 21.7. The molecule has 0 aromatic heterocycles. The molecule has 2 saturated heterocycles. The SMILES string of the molecule is Cc1ccc(N2C(=O)[C@H]3[C@H](ON(c4ccccc4)[C@@H]3c3ccc(Br)cc3)C2=O)cc1C. The highest BCUT2D eigenvalue weighted by molar-refractivity contribution is 9.10. The molecule has 2 aliphatic rings. The Hall–Kier alpha value is -2.96. The number of nitrogens with zero attached hydrogens (tertiary/aromatic N) is 2. The van der Waals surface area contributed by atoms with Crippen molar-refractivity contribution in [3.05, 3.63) is 94.0 Å². The third-order valence-corrected chi connectivity index (χ3v) is 6.61. The van der Waals surface area contributed by atoms with Crippen molar-refractivity contribution < 1.29 is 14.4 Å². The van der Waals surface area contributed by atoms with Crippen molar-refractivity contribution in [1.29, 1.82) is 0 Å². The van der Waals surface area contributed by atoms with Crippen LogP contribution < -0.4 is 9.96 Å². The summed E-state index contributed by atoms with van der Waals surface area (Å²) in [5.74, 6) is -1.18. The molecule has 2 amide bonds. The summed E-state index contributed by atoms with van der Waals surface area (Å²) in [6, 6.07) is 22.6. The lowest BCUT2D eigenvalue weighted by Crippen LogP contribution is -2.37. The van der Waals surface area contributed by atoms with Crippen molar-refractivity contribution in [2.75, 3.05) is 9.96 Å². The predicted molar refractivity (Wildman–Crippen MR) is 123 cm³/mol. The molecule has 3 aromatic rings. The van der Waals surface area contributed by atoms with Crippen molar-refractivity contribution in [1.82, 2.24) is 0 Å². The first kappa shape index (κ1) is 20.0. The summed E-state index contributed by atoms with van der Waals surface area (Å²) in [6.07, 6.45) is -0.858. The zero-order valence-electron chi connectivity index (χ0n) is 17.2. The maximum Gasteiger partial charge on any atom is 0.266 e. The number of amides is 2. The van der Waals surface area contributed by atoms with E-state index in [0.29, 0.717) is 5.69 Å². The second kappa shape index (κ2) is 7.62. The number of para-hydroxylation sites is 1. The van der Waals surface area contributed by atoms with Crippen LogP contribution in [0.5, 0.6) is 0 Å². The Morgan fingerprint density at radius 2 is 1.52 bits per heavy atom. The van der Waals surface area contributed by atoms with Crippen LogP contribution in [0.3, 0.4) is 0 Å². The van der Waals surface area contributed by atoms with Crippen molar-refractivity contribution in [3.63, 3.8) is 0 Å². The normalized spacial score (nSPS) is 22.9. The van der Waals surface area contributed by atoms with E-state index in [-0.39, 0.29) is 11.8 Å². The van der Waals surface area contributed by atoms with E-state index < -0.39 is 18.1 Å². The van der Waals surface area contributed by atoms with E-state index in [9.17, 15) is 9.59 Å². The van der Waals surface area contributed by atoms with E-state index >= 15 is 0 Å². The van der Waals surface area contributed by atoms with Gasteiger partial charge in [-0.05, 0) is 66.9 Å². The number of benzene rings is 3. The van der Waals surface area contributed by atoms with E-state index in [4.69, 9.17) is 4.84 Å². The molecule has 31 heavy (non-hydrogen) atoms. The average molecular weight is 477 g/mol. The van der Waals surface area contributed by atoms with E-state index in [2.05, 4.69) is 15.9 Å². The second-order valence-corrected chi connectivity index (χ2v) is 8.91. The molecule has 0 radical (unpaired) electrons. The van der Waals surface area contributed by atoms with Crippen molar-refractivity contribution >= 4 is 39.1 Å².